The lowest BCUT2D eigenvalue weighted by Gasteiger charge is -2.32. The van der Waals surface area contributed by atoms with E-state index in [4.69, 9.17) is 16.3 Å². The van der Waals surface area contributed by atoms with Gasteiger partial charge in [0, 0.05) is 18.9 Å². The molecule has 1 aliphatic rings. The number of aromatic nitrogens is 2. The van der Waals surface area contributed by atoms with Crippen molar-refractivity contribution in [2.45, 2.75) is 13.0 Å². The first-order valence-electron chi connectivity index (χ1n) is 7.37. The zero-order valence-electron chi connectivity index (χ0n) is 13.7. The number of carbonyl (C=O) groups excluding carboxylic acids is 2. The van der Waals surface area contributed by atoms with E-state index in [0.717, 1.165) is 0 Å². The molecule has 2 amide bonds. The number of hydrogen-bond donors (Lipinski definition) is 1. The van der Waals surface area contributed by atoms with E-state index in [1.807, 2.05) is 0 Å². The Morgan fingerprint density at radius 2 is 2.08 bits per heavy atom. The van der Waals surface area contributed by atoms with Crippen LogP contribution in [-0.2, 0) is 9.53 Å². The van der Waals surface area contributed by atoms with Crippen molar-refractivity contribution in [3.8, 4) is 0 Å². The fourth-order valence-corrected chi connectivity index (χ4v) is 3.02. The number of carbonyl (C=O) groups is 2. The van der Waals surface area contributed by atoms with E-state index in [-0.39, 0.29) is 16.3 Å². The summed E-state index contributed by atoms with van der Waals surface area (Å²) in [5, 5.41) is 2.53. The zero-order chi connectivity index (χ0) is 18.3. The standard InChI is InChI=1S/C16H15ClN4O4/c1-8-10(15(23)25-3)12(19-16(24)20(8)2)11-13(17)18-9-6-4-5-7-21(9)14(11)22/h4-7,12H,1-3H3,(H,19,24). The van der Waals surface area contributed by atoms with Crippen molar-refractivity contribution in [2.24, 2.45) is 0 Å². The Hall–Kier alpha value is -2.87. The van der Waals surface area contributed by atoms with Crippen molar-refractivity contribution in [1.82, 2.24) is 19.6 Å². The third kappa shape index (κ3) is 2.64. The minimum atomic E-state index is -1.05. The topological polar surface area (TPSA) is 93.0 Å². The fourth-order valence-electron chi connectivity index (χ4n) is 2.74. The van der Waals surface area contributed by atoms with Crippen LogP contribution in [0.2, 0.25) is 5.15 Å². The molecule has 3 rings (SSSR count). The SMILES string of the molecule is COC(=O)C1=C(C)N(C)C(=O)NC1c1c(Cl)nc2ccccn2c1=O. The van der Waals surface area contributed by atoms with Gasteiger partial charge in [-0.15, -0.1) is 0 Å². The van der Waals surface area contributed by atoms with Gasteiger partial charge < -0.3 is 15.0 Å². The highest BCUT2D eigenvalue weighted by Crippen LogP contribution is 2.31. The van der Waals surface area contributed by atoms with Crippen molar-refractivity contribution >= 4 is 29.2 Å². The molecule has 8 nitrogen and oxygen atoms in total. The Morgan fingerprint density at radius 3 is 2.76 bits per heavy atom. The molecule has 0 fully saturated rings. The molecule has 1 N–H and O–H groups in total. The van der Waals surface area contributed by atoms with Gasteiger partial charge >= 0.3 is 12.0 Å². The molecule has 25 heavy (non-hydrogen) atoms. The number of urea groups is 1. The molecule has 0 aliphatic carbocycles. The summed E-state index contributed by atoms with van der Waals surface area (Å²) in [4.78, 5) is 42.8. The summed E-state index contributed by atoms with van der Waals surface area (Å²) in [6, 6.07) is 3.50. The van der Waals surface area contributed by atoms with Crippen LogP contribution in [0.3, 0.4) is 0 Å². The maximum Gasteiger partial charge on any atom is 0.337 e. The molecule has 0 aromatic carbocycles. The Morgan fingerprint density at radius 1 is 1.36 bits per heavy atom. The number of ether oxygens (including phenoxy) is 1. The van der Waals surface area contributed by atoms with Crippen molar-refractivity contribution in [3.63, 3.8) is 0 Å². The maximum atomic E-state index is 12.9. The normalized spacial score (nSPS) is 17.7. The molecule has 2 aromatic heterocycles. The van der Waals surface area contributed by atoms with Gasteiger partial charge in [-0.1, -0.05) is 17.7 Å². The van der Waals surface area contributed by atoms with Crippen molar-refractivity contribution in [2.75, 3.05) is 14.2 Å². The lowest BCUT2D eigenvalue weighted by Crippen LogP contribution is -2.47. The minimum Gasteiger partial charge on any atom is -0.466 e. The zero-order valence-corrected chi connectivity index (χ0v) is 14.5. The maximum absolute atomic E-state index is 12.9. The van der Waals surface area contributed by atoms with E-state index in [9.17, 15) is 14.4 Å². The smallest absolute Gasteiger partial charge is 0.337 e. The van der Waals surface area contributed by atoms with Crippen LogP contribution in [0, 0.1) is 0 Å². The molecular weight excluding hydrogens is 348 g/mol. The highest BCUT2D eigenvalue weighted by molar-refractivity contribution is 6.30. The summed E-state index contributed by atoms with van der Waals surface area (Å²) in [6.45, 7) is 1.60. The number of halogens is 1. The largest absolute Gasteiger partial charge is 0.466 e. The number of allylic oxidation sites excluding steroid dienone is 1. The third-order valence-electron chi connectivity index (χ3n) is 4.17. The van der Waals surface area contributed by atoms with Gasteiger partial charge in [0.2, 0.25) is 0 Å². The summed E-state index contributed by atoms with van der Waals surface area (Å²) in [7, 11) is 2.74. The molecule has 3 heterocycles. The molecule has 0 saturated carbocycles. The number of pyridine rings is 1. The minimum absolute atomic E-state index is 0.00608. The lowest BCUT2D eigenvalue weighted by molar-refractivity contribution is -0.136. The predicted molar refractivity (Wildman–Crippen MR) is 90.2 cm³/mol. The van der Waals surface area contributed by atoms with E-state index >= 15 is 0 Å². The summed E-state index contributed by atoms with van der Waals surface area (Å²) in [6.07, 6.45) is 1.54. The van der Waals surface area contributed by atoms with E-state index in [1.54, 1.807) is 25.1 Å². The van der Waals surface area contributed by atoms with Gasteiger partial charge in [-0.25, -0.2) is 14.6 Å². The number of methoxy groups -OCH3 is 1. The average Bonchev–Trinajstić information content (AvgIpc) is 2.59. The van der Waals surface area contributed by atoms with Crippen LogP contribution >= 0.6 is 11.6 Å². The van der Waals surface area contributed by atoms with Crippen LogP contribution in [-0.4, -0.2) is 40.4 Å². The summed E-state index contributed by atoms with van der Waals surface area (Å²) >= 11 is 6.22. The van der Waals surface area contributed by atoms with Crippen LogP contribution in [0.15, 0.2) is 40.5 Å². The van der Waals surface area contributed by atoms with Gasteiger partial charge in [0.1, 0.15) is 10.8 Å². The van der Waals surface area contributed by atoms with Crippen LogP contribution in [0.4, 0.5) is 4.79 Å². The van der Waals surface area contributed by atoms with Gasteiger partial charge in [0.25, 0.3) is 5.56 Å². The lowest BCUT2D eigenvalue weighted by atomic mass is 9.97. The molecule has 1 atom stereocenters. The van der Waals surface area contributed by atoms with Gasteiger partial charge in [0.05, 0.1) is 24.3 Å². The molecule has 130 valence electrons. The van der Waals surface area contributed by atoms with Crippen molar-refractivity contribution in [1.29, 1.82) is 0 Å². The van der Waals surface area contributed by atoms with E-state index < -0.39 is 23.6 Å². The highest BCUT2D eigenvalue weighted by Gasteiger charge is 2.37. The number of fused-ring (bicyclic) bond motifs is 1. The van der Waals surface area contributed by atoms with Gasteiger partial charge in [-0.2, -0.15) is 0 Å². The number of amides is 2. The quantitative estimate of drug-likeness (QED) is 0.645. The predicted octanol–water partition coefficient (Wildman–Crippen LogP) is 1.49. The molecule has 0 bridgehead atoms. The van der Waals surface area contributed by atoms with E-state index in [2.05, 4.69) is 10.3 Å². The van der Waals surface area contributed by atoms with Crippen LogP contribution in [0.5, 0.6) is 0 Å². The monoisotopic (exact) mass is 362 g/mol. The number of rotatable bonds is 2. The molecule has 1 unspecified atom stereocenters. The number of hydrogen-bond acceptors (Lipinski definition) is 5. The fraction of sp³-hybridized carbons (Fsp3) is 0.250. The number of nitrogens with zero attached hydrogens (tertiary/aromatic N) is 3. The second kappa shape index (κ2) is 6.21. The molecule has 1 aliphatic heterocycles. The number of esters is 1. The first-order chi connectivity index (χ1) is 11.9. The second-order valence-electron chi connectivity index (χ2n) is 5.48. The molecule has 0 saturated heterocycles. The van der Waals surface area contributed by atoms with Crippen molar-refractivity contribution < 1.29 is 14.3 Å². The molecular formula is C16H15ClN4O4. The Kier molecular flexibility index (Phi) is 4.22. The van der Waals surface area contributed by atoms with Crippen molar-refractivity contribution in [3.05, 3.63) is 56.7 Å². The first-order valence-corrected chi connectivity index (χ1v) is 7.74. The molecule has 0 spiro atoms. The Bertz CT molecular complexity index is 982. The van der Waals surface area contributed by atoms with Crippen LogP contribution in [0.1, 0.15) is 18.5 Å². The summed E-state index contributed by atoms with van der Waals surface area (Å²) in [5.41, 5.74) is 0.391. The highest BCUT2D eigenvalue weighted by atomic mass is 35.5. The summed E-state index contributed by atoms with van der Waals surface area (Å²) < 4.78 is 6.12. The first kappa shape index (κ1) is 17.0. The van der Waals surface area contributed by atoms with Gasteiger partial charge in [-0.05, 0) is 19.1 Å². The van der Waals surface area contributed by atoms with Crippen LogP contribution in [0.25, 0.3) is 5.65 Å². The molecule has 2 aromatic rings. The average molecular weight is 363 g/mol. The third-order valence-corrected chi connectivity index (χ3v) is 4.46. The van der Waals surface area contributed by atoms with E-state index in [1.165, 1.54) is 29.7 Å². The second-order valence-corrected chi connectivity index (χ2v) is 5.84. The van der Waals surface area contributed by atoms with Gasteiger partial charge in [0.15, 0.2) is 0 Å². The van der Waals surface area contributed by atoms with Crippen LogP contribution < -0.4 is 10.9 Å². The Balaban J connectivity index is 2.30. The van der Waals surface area contributed by atoms with Gasteiger partial charge in [-0.3, -0.25) is 9.20 Å². The molecule has 9 heteroatoms. The van der Waals surface area contributed by atoms with E-state index in [0.29, 0.717) is 11.3 Å². The summed E-state index contributed by atoms with van der Waals surface area (Å²) in [5.74, 6) is -0.664. The molecule has 0 radical (unpaired) electrons. The number of nitrogens with one attached hydrogen (secondary N) is 1. The Labute approximate surface area is 147 Å².